The molecule has 16 heavy (non-hydrogen) atoms. The van der Waals surface area contributed by atoms with Crippen LogP contribution in [0.5, 0.6) is 0 Å². The standard InChI is InChI=1S/C9H5Cl2N3OS/c10-5-1-2-16-8(5)9(15)14-7-4-12-3-6(11)13-7/h1-4H,(H,13,14,15). The van der Waals surface area contributed by atoms with Crippen molar-refractivity contribution in [3.63, 3.8) is 0 Å². The van der Waals surface area contributed by atoms with Gasteiger partial charge in [-0.15, -0.1) is 11.3 Å². The van der Waals surface area contributed by atoms with E-state index in [9.17, 15) is 4.79 Å². The third-order valence-corrected chi connectivity index (χ3v) is 3.19. The maximum absolute atomic E-state index is 11.7. The van der Waals surface area contributed by atoms with E-state index in [1.807, 2.05) is 0 Å². The minimum atomic E-state index is -0.323. The molecule has 4 nitrogen and oxygen atoms in total. The van der Waals surface area contributed by atoms with Crippen molar-refractivity contribution >= 4 is 46.3 Å². The highest BCUT2D eigenvalue weighted by atomic mass is 35.5. The van der Waals surface area contributed by atoms with Crippen LogP contribution in [0.3, 0.4) is 0 Å². The lowest BCUT2D eigenvalue weighted by Crippen LogP contribution is -2.12. The van der Waals surface area contributed by atoms with Crippen LogP contribution in [0.4, 0.5) is 5.82 Å². The third kappa shape index (κ3) is 2.49. The summed E-state index contributed by atoms with van der Waals surface area (Å²) >= 11 is 12.7. The molecule has 0 aliphatic rings. The smallest absolute Gasteiger partial charge is 0.268 e. The Balaban J connectivity index is 2.17. The van der Waals surface area contributed by atoms with E-state index < -0.39 is 0 Å². The van der Waals surface area contributed by atoms with Gasteiger partial charge >= 0.3 is 0 Å². The zero-order valence-electron chi connectivity index (χ0n) is 7.78. The van der Waals surface area contributed by atoms with E-state index in [2.05, 4.69) is 15.3 Å². The van der Waals surface area contributed by atoms with Crippen LogP contribution >= 0.6 is 34.5 Å². The van der Waals surface area contributed by atoms with Crippen LogP contribution in [0.25, 0.3) is 0 Å². The lowest BCUT2D eigenvalue weighted by Gasteiger charge is -2.02. The molecule has 0 bridgehead atoms. The van der Waals surface area contributed by atoms with E-state index in [1.54, 1.807) is 11.4 Å². The summed E-state index contributed by atoms with van der Waals surface area (Å²) in [5.74, 6) is -0.0291. The van der Waals surface area contributed by atoms with Crippen LogP contribution in [0.2, 0.25) is 10.2 Å². The Morgan fingerprint density at radius 3 is 2.81 bits per heavy atom. The number of thiophene rings is 1. The lowest BCUT2D eigenvalue weighted by atomic mass is 10.4. The molecule has 0 fully saturated rings. The molecule has 7 heteroatoms. The summed E-state index contributed by atoms with van der Waals surface area (Å²) in [6.45, 7) is 0. The number of nitrogens with one attached hydrogen (secondary N) is 1. The Hall–Kier alpha value is -1.17. The van der Waals surface area contributed by atoms with Crippen LogP contribution in [0.15, 0.2) is 23.8 Å². The molecule has 0 aliphatic heterocycles. The second kappa shape index (κ2) is 4.78. The number of anilines is 1. The van der Waals surface area contributed by atoms with E-state index in [4.69, 9.17) is 23.2 Å². The van der Waals surface area contributed by atoms with E-state index in [0.29, 0.717) is 15.7 Å². The molecule has 1 N–H and O–H groups in total. The number of rotatable bonds is 2. The Morgan fingerprint density at radius 2 is 2.19 bits per heavy atom. The van der Waals surface area contributed by atoms with Gasteiger partial charge in [0.05, 0.1) is 17.4 Å². The first kappa shape index (κ1) is 11.3. The predicted molar refractivity (Wildman–Crippen MR) is 64.3 cm³/mol. The fourth-order valence-electron chi connectivity index (χ4n) is 1.03. The van der Waals surface area contributed by atoms with Gasteiger partial charge in [-0.25, -0.2) is 4.98 Å². The van der Waals surface area contributed by atoms with Gasteiger partial charge < -0.3 is 5.32 Å². The number of aromatic nitrogens is 2. The summed E-state index contributed by atoms with van der Waals surface area (Å²) in [6, 6.07) is 1.66. The van der Waals surface area contributed by atoms with Crippen molar-refractivity contribution in [1.82, 2.24) is 9.97 Å². The molecule has 0 saturated carbocycles. The van der Waals surface area contributed by atoms with Crippen LogP contribution in [0.1, 0.15) is 9.67 Å². The van der Waals surface area contributed by atoms with Gasteiger partial charge in [-0.05, 0) is 11.4 Å². The summed E-state index contributed by atoms with van der Waals surface area (Å²) in [5, 5.41) is 4.92. The van der Waals surface area contributed by atoms with Crippen molar-refractivity contribution in [2.75, 3.05) is 5.32 Å². The summed E-state index contributed by atoms with van der Waals surface area (Å²) in [4.78, 5) is 19.8. The lowest BCUT2D eigenvalue weighted by molar-refractivity contribution is 0.103. The first-order valence-electron chi connectivity index (χ1n) is 4.18. The second-order valence-corrected chi connectivity index (χ2v) is 4.49. The Morgan fingerprint density at radius 1 is 1.38 bits per heavy atom. The third-order valence-electron chi connectivity index (χ3n) is 1.67. The number of carbonyl (C=O) groups excluding carboxylic acids is 1. The van der Waals surface area contributed by atoms with Gasteiger partial charge in [0.2, 0.25) is 0 Å². The SMILES string of the molecule is O=C(Nc1cncc(Cl)n1)c1sccc1Cl. The molecule has 0 aromatic carbocycles. The number of amides is 1. The van der Waals surface area contributed by atoms with Crippen molar-refractivity contribution < 1.29 is 4.79 Å². The van der Waals surface area contributed by atoms with E-state index in [1.165, 1.54) is 23.7 Å². The molecule has 2 aromatic heterocycles. The van der Waals surface area contributed by atoms with Gasteiger partial charge in [-0.2, -0.15) is 0 Å². The Kier molecular flexibility index (Phi) is 3.38. The molecule has 0 spiro atoms. The van der Waals surface area contributed by atoms with Crippen LogP contribution < -0.4 is 5.32 Å². The molecule has 82 valence electrons. The molecule has 0 unspecified atom stereocenters. The summed E-state index contributed by atoms with van der Waals surface area (Å²) in [7, 11) is 0. The average Bonchev–Trinajstić information content (AvgIpc) is 2.64. The Bertz CT molecular complexity index is 529. The monoisotopic (exact) mass is 273 g/mol. The normalized spacial score (nSPS) is 10.1. The van der Waals surface area contributed by atoms with Gasteiger partial charge in [-0.1, -0.05) is 23.2 Å². The van der Waals surface area contributed by atoms with E-state index >= 15 is 0 Å². The van der Waals surface area contributed by atoms with E-state index in [-0.39, 0.29) is 11.1 Å². The minimum Gasteiger partial charge on any atom is -0.304 e. The van der Waals surface area contributed by atoms with Gasteiger partial charge in [0.15, 0.2) is 5.82 Å². The van der Waals surface area contributed by atoms with E-state index in [0.717, 1.165) is 0 Å². The summed E-state index contributed by atoms with van der Waals surface area (Å²) in [6.07, 6.45) is 2.79. The minimum absolute atomic E-state index is 0.218. The molecule has 0 saturated heterocycles. The van der Waals surface area contributed by atoms with Gasteiger partial charge in [0, 0.05) is 0 Å². The number of carbonyl (C=O) groups is 1. The van der Waals surface area contributed by atoms with Crippen molar-refractivity contribution in [3.8, 4) is 0 Å². The highest BCUT2D eigenvalue weighted by molar-refractivity contribution is 7.12. The molecule has 1 amide bonds. The quantitative estimate of drug-likeness (QED) is 0.915. The molecule has 2 heterocycles. The first-order chi connectivity index (χ1) is 7.66. The molecular weight excluding hydrogens is 269 g/mol. The van der Waals surface area contributed by atoms with Crippen molar-refractivity contribution in [3.05, 3.63) is 38.9 Å². The number of halogens is 2. The number of hydrogen-bond donors (Lipinski definition) is 1. The van der Waals surface area contributed by atoms with Crippen LogP contribution in [-0.4, -0.2) is 15.9 Å². The average molecular weight is 274 g/mol. The number of nitrogens with zero attached hydrogens (tertiary/aromatic N) is 2. The highest BCUT2D eigenvalue weighted by Gasteiger charge is 2.12. The molecule has 0 atom stereocenters. The maximum atomic E-state index is 11.7. The summed E-state index contributed by atoms with van der Waals surface area (Å²) < 4.78 is 0. The number of hydrogen-bond acceptors (Lipinski definition) is 4. The van der Waals surface area contributed by atoms with Gasteiger partial charge in [0.1, 0.15) is 10.0 Å². The molecule has 0 radical (unpaired) electrons. The zero-order chi connectivity index (χ0) is 11.5. The fraction of sp³-hybridized carbons (Fsp3) is 0. The maximum Gasteiger partial charge on any atom is 0.268 e. The predicted octanol–water partition coefficient (Wildman–Crippen LogP) is 3.10. The van der Waals surface area contributed by atoms with Crippen molar-refractivity contribution in [2.24, 2.45) is 0 Å². The van der Waals surface area contributed by atoms with Gasteiger partial charge in [-0.3, -0.25) is 9.78 Å². The molecular formula is C9H5Cl2N3OS. The van der Waals surface area contributed by atoms with Crippen molar-refractivity contribution in [1.29, 1.82) is 0 Å². The van der Waals surface area contributed by atoms with Crippen molar-refractivity contribution in [2.45, 2.75) is 0 Å². The zero-order valence-corrected chi connectivity index (χ0v) is 10.1. The fourth-order valence-corrected chi connectivity index (χ4v) is 2.21. The van der Waals surface area contributed by atoms with Crippen LogP contribution in [0, 0.1) is 0 Å². The molecule has 2 aromatic rings. The second-order valence-electron chi connectivity index (χ2n) is 2.78. The Labute approximate surface area is 105 Å². The molecule has 0 aliphatic carbocycles. The topological polar surface area (TPSA) is 54.9 Å². The largest absolute Gasteiger partial charge is 0.304 e. The van der Waals surface area contributed by atoms with Gasteiger partial charge in [0.25, 0.3) is 5.91 Å². The highest BCUT2D eigenvalue weighted by Crippen LogP contribution is 2.22. The molecule has 2 rings (SSSR count). The summed E-state index contributed by atoms with van der Waals surface area (Å²) in [5.41, 5.74) is 0. The van der Waals surface area contributed by atoms with Crippen LogP contribution in [-0.2, 0) is 0 Å². The first-order valence-corrected chi connectivity index (χ1v) is 5.82.